The predicted octanol–water partition coefficient (Wildman–Crippen LogP) is 2.37. The number of morpholine rings is 1. The van der Waals surface area contributed by atoms with Gasteiger partial charge in [-0.2, -0.15) is 4.98 Å². The van der Waals surface area contributed by atoms with Gasteiger partial charge in [0, 0.05) is 25.2 Å². The maximum Gasteiger partial charge on any atom is 0.244 e. The van der Waals surface area contributed by atoms with E-state index in [-0.39, 0.29) is 17.9 Å². The van der Waals surface area contributed by atoms with Gasteiger partial charge >= 0.3 is 0 Å². The second kappa shape index (κ2) is 8.19. The van der Waals surface area contributed by atoms with Crippen LogP contribution in [0.4, 0.5) is 0 Å². The lowest BCUT2D eigenvalue weighted by atomic mass is 9.95. The summed E-state index contributed by atoms with van der Waals surface area (Å²) in [5.74, 6) is 1.50. The van der Waals surface area contributed by atoms with Crippen molar-refractivity contribution in [3.8, 4) is 11.4 Å². The Hall–Kier alpha value is -2.25. The number of carbonyl (C=O) groups is 1. The standard InChI is InChI=1S/C20H26N4O3/c1-15(19-21-18(22-27-19)16-6-3-2-4-7-16)24-9-5-8-17(14-24)20(25)23-10-12-26-13-11-23/h2-4,6-7,15,17H,5,8-14H2,1H3. The molecule has 1 amide bonds. The van der Waals surface area contributed by atoms with Crippen LogP contribution in [-0.4, -0.2) is 65.2 Å². The lowest BCUT2D eigenvalue weighted by Gasteiger charge is -2.37. The summed E-state index contributed by atoms with van der Waals surface area (Å²) in [4.78, 5) is 21.7. The van der Waals surface area contributed by atoms with Gasteiger partial charge in [-0.1, -0.05) is 35.5 Å². The van der Waals surface area contributed by atoms with Crippen LogP contribution < -0.4 is 0 Å². The second-order valence-electron chi connectivity index (χ2n) is 7.27. The van der Waals surface area contributed by atoms with Gasteiger partial charge < -0.3 is 14.2 Å². The predicted molar refractivity (Wildman–Crippen MR) is 99.8 cm³/mol. The molecule has 0 bridgehead atoms. The van der Waals surface area contributed by atoms with Gasteiger partial charge in [0.1, 0.15) is 0 Å². The van der Waals surface area contributed by atoms with E-state index in [2.05, 4.69) is 22.0 Å². The van der Waals surface area contributed by atoms with Gasteiger partial charge in [-0.25, -0.2) is 0 Å². The highest BCUT2D eigenvalue weighted by atomic mass is 16.5. The molecule has 2 aromatic rings. The van der Waals surface area contributed by atoms with Gasteiger partial charge in [0.15, 0.2) is 0 Å². The highest BCUT2D eigenvalue weighted by Crippen LogP contribution is 2.28. The van der Waals surface area contributed by atoms with Gasteiger partial charge in [0.05, 0.1) is 25.2 Å². The van der Waals surface area contributed by atoms with Gasteiger partial charge in [0.25, 0.3) is 0 Å². The van der Waals surface area contributed by atoms with Crippen LogP contribution in [0.1, 0.15) is 31.7 Å². The summed E-state index contributed by atoms with van der Waals surface area (Å²) in [5, 5.41) is 4.13. The molecule has 0 N–H and O–H groups in total. The van der Waals surface area contributed by atoms with Gasteiger partial charge in [-0.05, 0) is 26.3 Å². The van der Waals surface area contributed by atoms with Crippen LogP contribution in [-0.2, 0) is 9.53 Å². The van der Waals surface area contributed by atoms with Crippen LogP contribution in [0.5, 0.6) is 0 Å². The van der Waals surface area contributed by atoms with E-state index in [9.17, 15) is 4.79 Å². The molecule has 2 fully saturated rings. The van der Waals surface area contributed by atoms with E-state index < -0.39 is 0 Å². The maximum absolute atomic E-state index is 12.8. The number of carbonyl (C=O) groups excluding carboxylic acids is 1. The molecule has 0 aliphatic carbocycles. The van der Waals surface area contributed by atoms with Gasteiger partial charge in [0.2, 0.25) is 17.6 Å². The Labute approximate surface area is 159 Å². The number of ether oxygens (including phenoxy) is 1. The molecule has 4 rings (SSSR count). The third-order valence-corrected chi connectivity index (χ3v) is 5.50. The molecular weight excluding hydrogens is 344 g/mol. The summed E-state index contributed by atoms with van der Waals surface area (Å²) in [7, 11) is 0. The largest absolute Gasteiger partial charge is 0.378 e. The molecule has 2 unspecified atom stereocenters. The molecule has 1 aromatic carbocycles. The zero-order valence-corrected chi connectivity index (χ0v) is 15.7. The van der Waals surface area contributed by atoms with Crippen LogP contribution >= 0.6 is 0 Å². The Bertz CT molecular complexity index is 758. The summed E-state index contributed by atoms with van der Waals surface area (Å²) in [6.07, 6.45) is 1.95. The first-order chi connectivity index (χ1) is 13.2. The number of benzene rings is 1. The average Bonchev–Trinajstić information content (AvgIpc) is 3.24. The van der Waals surface area contributed by atoms with Crippen LogP contribution in [0, 0.1) is 5.92 Å². The van der Waals surface area contributed by atoms with Crippen LogP contribution in [0.25, 0.3) is 11.4 Å². The van der Waals surface area contributed by atoms with Crippen molar-refractivity contribution in [2.45, 2.75) is 25.8 Å². The minimum absolute atomic E-state index is 0.00440. The molecule has 2 aliphatic rings. The summed E-state index contributed by atoms with van der Waals surface area (Å²) in [6, 6.07) is 9.82. The van der Waals surface area contributed by atoms with Crippen molar-refractivity contribution in [2.75, 3.05) is 39.4 Å². The van der Waals surface area contributed by atoms with Crippen LogP contribution in [0.2, 0.25) is 0 Å². The van der Waals surface area contributed by atoms with E-state index in [4.69, 9.17) is 9.26 Å². The topological polar surface area (TPSA) is 71.7 Å². The smallest absolute Gasteiger partial charge is 0.244 e. The van der Waals surface area contributed by atoms with Gasteiger partial charge in [-0.3, -0.25) is 9.69 Å². The zero-order valence-electron chi connectivity index (χ0n) is 15.7. The monoisotopic (exact) mass is 370 g/mol. The second-order valence-corrected chi connectivity index (χ2v) is 7.27. The number of aromatic nitrogens is 2. The molecule has 0 saturated carbocycles. The third kappa shape index (κ3) is 4.04. The van der Waals surface area contributed by atoms with E-state index in [0.717, 1.165) is 31.5 Å². The first-order valence-corrected chi connectivity index (χ1v) is 9.72. The number of rotatable bonds is 4. The van der Waals surface area contributed by atoms with Crippen molar-refractivity contribution in [2.24, 2.45) is 5.92 Å². The molecule has 0 radical (unpaired) electrons. The SMILES string of the molecule is CC(c1nc(-c2ccccc2)no1)N1CCCC(C(=O)N2CCOCC2)C1. The summed E-state index contributed by atoms with van der Waals surface area (Å²) in [5.41, 5.74) is 0.943. The summed E-state index contributed by atoms with van der Waals surface area (Å²) < 4.78 is 10.9. The zero-order chi connectivity index (χ0) is 18.6. The molecule has 2 aliphatic heterocycles. The fraction of sp³-hybridized carbons (Fsp3) is 0.550. The minimum Gasteiger partial charge on any atom is -0.378 e. The Balaban J connectivity index is 1.42. The lowest BCUT2D eigenvalue weighted by Crippen LogP contribution is -2.48. The first-order valence-electron chi connectivity index (χ1n) is 9.72. The Kier molecular flexibility index (Phi) is 5.50. The number of amides is 1. The molecule has 27 heavy (non-hydrogen) atoms. The fourth-order valence-corrected chi connectivity index (χ4v) is 3.87. The lowest BCUT2D eigenvalue weighted by molar-refractivity contribution is -0.141. The molecule has 2 saturated heterocycles. The Morgan fingerprint density at radius 3 is 2.74 bits per heavy atom. The quantitative estimate of drug-likeness (QED) is 0.823. The van der Waals surface area contributed by atoms with E-state index in [0.29, 0.717) is 38.0 Å². The van der Waals surface area contributed by atoms with E-state index in [1.54, 1.807) is 0 Å². The molecular formula is C20H26N4O3. The van der Waals surface area contributed by atoms with Crippen LogP contribution in [0.3, 0.4) is 0 Å². The van der Waals surface area contributed by atoms with Crippen molar-refractivity contribution in [1.29, 1.82) is 0 Å². The third-order valence-electron chi connectivity index (χ3n) is 5.50. The van der Waals surface area contributed by atoms with E-state index in [1.807, 2.05) is 35.2 Å². The van der Waals surface area contributed by atoms with Crippen LogP contribution in [0.15, 0.2) is 34.9 Å². The van der Waals surface area contributed by atoms with Crippen molar-refractivity contribution >= 4 is 5.91 Å². The Morgan fingerprint density at radius 2 is 1.96 bits per heavy atom. The van der Waals surface area contributed by atoms with E-state index in [1.165, 1.54) is 0 Å². The summed E-state index contributed by atoms with van der Waals surface area (Å²) in [6.45, 7) is 6.44. The highest BCUT2D eigenvalue weighted by Gasteiger charge is 2.33. The van der Waals surface area contributed by atoms with E-state index >= 15 is 0 Å². The fourth-order valence-electron chi connectivity index (χ4n) is 3.87. The van der Waals surface area contributed by atoms with Crippen molar-refractivity contribution in [1.82, 2.24) is 19.9 Å². The summed E-state index contributed by atoms with van der Waals surface area (Å²) >= 11 is 0. The normalized spacial score (nSPS) is 22.6. The minimum atomic E-state index is -0.00440. The van der Waals surface area contributed by atoms with Crippen molar-refractivity contribution in [3.63, 3.8) is 0 Å². The van der Waals surface area contributed by atoms with Crippen molar-refractivity contribution < 1.29 is 14.1 Å². The molecule has 7 nitrogen and oxygen atoms in total. The molecule has 0 spiro atoms. The Morgan fingerprint density at radius 1 is 1.19 bits per heavy atom. The molecule has 7 heteroatoms. The highest BCUT2D eigenvalue weighted by molar-refractivity contribution is 5.79. The van der Waals surface area contributed by atoms with Crippen molar-refractivity contribution in [3.05, 3.63) is 36.2 Å². The first kappa shape index (κ1) is 18.1. The molecule has 3 heterocycles. The maximum atomic E-state index is 12.8. The number of hydrogen-bond acceptors (Lipinski definition) is 6. The van der Waals surface area contributed by atoms with Gasteiger partial charge in [-0.15, -0.1) is 0 Å². The molecule has 144 valence electrons. The molecule has 2 atom stereocenters. The molecule has 1 aromatic heterocycles. The number of piperidine rings is 1. The number of hydrogen-bond donors (Lipinski definition) is 0. The average molecular weight is 370 g/mol. The number of nitrogens with zero attached hydrogens (tertiary/aromatic N) is 4. The number of likely N-dealkylation sites (tertiary alicyclic amines) is 1.